The normalized spacial score (nSPS) is 39.2. The van der Waals surface area contributed by atoms with E-state index in [-0.39, 0.29) is 18.8 Å². The summed E-state index contributed by atoms with van der Waals surface area (Å²) in [5.41, 5.74) is -5.73. The third-order valence-corrected chi connectivity index (χ3v) is 10.2. The van der Waals surface area contributed by atoms with E-state index in [1.165, 1.54) is 12.2 Å². The monoisotopic (exact) mass is 578 g/mol. The molecule has 3 fully saturated rings. The maximum atomic E-state index is 17.5. The Hall–Kier alpha value is -2.75. The van der Waals surface area contributed by atoms with Gasteiger partial charge in [-0.15, -0.1) is 0 Å². The fourth-order valence-electron chi connectivity index (χ4n) is 8.32. The van der Waals surface area contributed by atoms with Crippen LogP contribution < -0.4 is 0 Å². The first-order valence-corrected chi connectivity index (χ1v) is 14.7. The molecule has 0 unspecified atom stereocenters. The smallest absolute Gasteiger partial charge is 0.434 e. The number of carbonyl (C=O) groups excluding carboxylic acids is 4. The Morgan fingerprint density at radius 2 is 1.85 bits per heavy atom. The first kappa shape index (κ1) is 31.2. The van der Waals surface area contributed by atoms with Gasteiger partial charge in [0.2, 0.25) is 5.78 Å². The summed E-state index contributed by atoms with van der Waals surface area (Å²) in [5, 5.41) is 11.7. The van der Waals surface area contributed by atoms with Gasteiger partial charge in [-0.2, -0.15) is 0 Å². The number of aliphatic hydroxyl groups is 1. The van der Waals surface area contributed by atoms with Crippen molar-refractivity contribution in [2.45, 2.75) is 104 Å². The van der Waals surface area contributed by atoms with Crippen LogP contribution in [0.2, 0.25) is 0 Å². The Labute approximate surface area is 240 Å². The fourth-order valence-corrected chi connectivity index (χ4v) is 8.32. The molecule has 0 aromatic carbocycles. The number of rotatable bonds is 8. The number of Topliss-reactive ketones (excluding diaryl/α,β-unsaturated/α-hetero) is 1. The summed E-state index contributed by atoms with van der Waals surface area (Å²) in [4.78, 5) is 51.3. The van der Waals surface area contributed by atoms with Gasteiger partial charge in [-0.25, -0.2) is 14.0 Å². The molecule has 0 amide bonds. The van der Waals surface area contributed by atoms with Crippen molar-refractivity contribution in [1.82, 2.24) is 0 Å². The highest BCUT2D eigenvalue weighted by Gasteiger charge is 2.77. The SMILES string of the molecule is CCCCOC(=O)O[C@]1(C(=O)COC(=O)OC(C)C)[C@H](C)C[C@H]2[C@@H]3CCC4=CC(=O)C=C[C@]4(C)[C@@]3(F)[C@@H](O)C[C@@]21C. The highest BCUT2D eigenvalue weighted by molar-refractivity contribution is 6.01. The predicted molar refractivity (Wildman–Crippen MR) is 146 cm³/mol. The van der Waals surface area contributed by atoms with Gasteiger partial charge in [0.05, 0.1) is 18.8 Å². The molecule has 0 aliphatic heterocycles. The number of hydrogen-bond acceptors (Lipinski definition) is 9. The van der Waals surface area contributed by atoms with Crippen LogP contribution in [0.4, 0.5) is 14.0 Å². The number of ketones is 2. The summed E-state index contributed by atoms with van der Waals surface area (Å²) in [6.45, 7) is 9.82. The lowest BCUT2D eigenvalue weighted by Gasteiger charge is -2.62. The highest BCUT2D eigenvalue weighted by Crippen LogP contribution is 2.71. The highest BCUT2D eigenvalue weighted by atomic mass is 19.1. The Morgan fingerprint density at radius 1 is 1.15 bits per heavy atom. The van der Waals surface area contributed by atoms with Crippen molar-refractivity contribution in [2.75, 3.05) is 13.2 Å². The van der Waals surface area contributed by atoms with Gasteiger partial charge in [-0.3, -0.25) is 9.59 Å². The molecule has 4 aliphatic carbocycles. The molecule has 4 rings (SSSR count). The molecule has 0 aromatic heterocycles. The Bertz CT molecular complexity index is 1150. The second kappa shape index (κ2) is 11.2. The van der Waals surface area contributed by atoms with E-state index in [2.05, 4.69) is 0 Å². The second-order valence-electron chi connectivity index (χ2n) is 12.8. The summed E-state index contributed by atoms with van der Waals surface area (Å²) in [7, 11) is 0. The molecular weight excluding hydrogens is 535 g/mol. The van der Waals surface area contributed by atoms with Crippen molar-refractivity contribution in [3.05, 3.63) is 23.8 Å². The molecule has 0 aromatic rings. The van der Waals surface area contributed by atoms with Crippen LogP contribution in [0.15, 0.2) is 23.8 Å². The van der Waals surface area contributed by atoms with E-state index in [4.69, 9.17) is 18.9 Å². The van der Waals surface area contributed by atoms with E-state index >= 15 is 4.39 Å². The van der Waals surface area contributed by atoms with E-state index in [9.17, 15) is 24.3 Å². The summed E-state index contributed by atoms with van der Waals surface area (Å²) >= 11 is 0. The van der Waals surface area contributed by atoms with Gasteiger partial charge in [0.1, 0.15) is 0 Å². The molecule has 0 radical (unpaired) electrons. The standard InChI is InChI=1S/C31H43FO9/c1-7-8-13-38-27(37)41-31(25(35)17-39-26(36)40-18(2)3)19(4)14-23-22-10-9-20-15-21(33)11-12-28(20,5)30(22,32)24(34)16-29(23,31)6/h11-12,15,18-19,22-24,34H,7-10,13-14,16-17H2,1-6H3/t19-,22+,23+,24+,28+,29+,30+,31+/m1/s1. The largest absolute Gasteiger partial charge is 0.509 e. The molecule has 9 nitrogen and oxygen atoms in total. The molecule has 0 heterocycles. The minimum Gasteiger partial charge on any atom is -0.434 e. The molecule has 0 spiro atoms. The van der Waals surface area contributed by atoms with E-state index in [1.807, 2.05) is 6.92 Å². The van der Waals surface area contributed by atoms with E-state index in [0.29, 0.717) is 31.3 Å². The van der Waals surface area contributed by atoms with Gasteiger partial charge in [0, 0.05) is 22.7 Å². The number of ether oxygens (including phenoxy) is 4. The summed E-state index contributed by atoms with van der Waals surface area (Å²) in [6.07, 6.45) is 2.64. The van der Waals surface area contributed by atoms with Crippen molar-refractivity contribution >= 4 is 23.9 Å². The number of alkyl halides is 1. The Kier molecular flexibility index (Phi) is 8.48. The molecule has 10 heteroatoms. The minimum atomic E-state index is -2.11. The number of halogens is 1. The van der Waals surface area contributed by atoms with Crippen molar-refractivity contribution in [1.29, 1.82) is 0 Å². The lowest BCUT2D eigenvalue weighted by atomic mass is 9.44. The fraction of sp³-hybridized carbons (Fsp3) is 0.742. The van der Waals surface area contributed by atoms with Gasteiger partial charge < -0.3 is 24.1 Å². The quantitative estimate of drug-likeness (QED) is 0.297. The zero-order valence-corrected chi connectivity index (χ0v) is 24.9. The summed E-state index contributed by atoms with van der Waals surface area (Å²) in [6, 6.07) is 0. The molecule has 0 saturated heterocycles. The molecule has 8 atom stereocenters. The second-order valence-corrected chi connectivity index (χ2v) is 12.8. The van der Waals surface area contributed by atoms with E-state index in [0.717, 1.165) is 6.42 Å². The Balaban J connectivity index is 1.73. The molecular formula is C31H43FO9. The molecule has 1 N–H and O–H groups in total. The van der Waals surface area contributed by atoms with Crippen molar-refractivity contribution in [3.63, 3.8) is 0 Å². The number of fused-ring (bicyclic) bond motifs is 5. The molecule has 4 aliphatic rings. The predicted octanol–water partition coefficient (Wildman–Crippen LogP) is 5.43. The van der Waals surface area contributed by atoms with Crippen LogP contribution >= 0.6 is 0 Å². The van der Waals surface area contributed by atoms with Gasteiger partial charge in [0.15, 0.2) is 23.7 Å². The van der Waals surface area contributed by atoms with Gasteiger partial charge in [0.25, 0.3) is 0 Å². The number of carbonyl (C=O) groups is 4. The number of aliphatic hydroxyl groups excluding tert-OH is 1. The van der Waals surface area contributed by atoms with E-state index < -0.39 is 76.8 Å². The Morgan fingerprint density at radius 3 is 2.51 bits per heavy atom. The zero-order chi connectivity index (χ0) is 30.4. The first-order valence-electron chi connectivity index (χ1n) is 14.7. The third kappa shape index (κ3) is 4.79. The van der Waals surface area contributed by atoms with Gasteiger partial charge >= 0.3 is 12.3 Å². The number of allylic oxidation sites excluding steroid dienone is 4. The summed E-state index contributed by atoms with van der Waals surface area (Å²) < 4.78 is 38.9. The average Bonchev–Trinajstić information content (AvgIpc) is 3.10. The van der Waals surface area contributed by atoms with Gasteiger partial charge in [-0.05, 0) is 70.9 Å². The van der Waals surface area contributed by atoms with Crippen molar-refractivity contribution < 1.29 is 47.6 Å². The van der Waals surface area contributed by atoms with Crippen LogP contribution in [0.5, 0.6) is 0 Å². The molecule has 228 valence electrons. The molecule has 3 saturated carbocycles. The van der Waals surface area contributed by atoms with Crippen molar-refractivity contribution in [2.24, 2.45) is 28.6 Å². The minimum absolute atomic E-state index is 0.0999. The van der Waals surface area contributed by atoms with Crippen LogP contribution in [0.3, 0.4) is 0 Å². The lowest BCUT2D eigenvalue weighted by molar-refractivity contribution is -0.222. The lowest BCUT2D eigenvalue weighted by Crippen LogP contribution is -2.70. The van der Waals surface area contributed by atoms with Crippen molar-refractivity contribution in [3.8, 4) is 0 Å². The third-order valence-electron chi connectivity index (χ3n) is 10.2. The molecule has 41 heavy (non-hydrogen) atoms. The number of hydrogen-bond donors (Lipinski definition) is 1. The van der Waals surface area contributed by atoms with Crippen LogP contribution in [0, 0.1) is 28.6 Å². The topological polar surface area (TPSA) is 125 Å². The summed E-state index contributed by atoms with van der Waals surface area (Å²) in [5.74, 6) is -2.64. The van der Waals surface area contributed by atoms with Gasteiger partial charge in [-0.1, -0.05) is 38.8 Å². The molecule has 0 bridgehead atoms. The van der Waals surface area contributed by atoms with E-state index in [1.54, 1.807) is 40.7 Å². The number of unbranched alkanes of at least 4 members (excludes halogenated alkanes) is 1. The zero-order valence-electron chi connectivity index (χ0n) is 24.9. The van der Waals surface area contributed by atoms with Crippen LogP contribution in [-0.2, 0) is 28.5 Å². The van der Waals surface area contributed by atoms with Crippen LogP contribution in [0.1, 0.15) is 80.1 Å². The van der Waals surface area contributed by atoms with Crippen LogP contribution in [0.25, 0.3) is 0 Å². The maximum Gasteiger partial charge on any atom is 0.509 e. The maximum absolute atomic E-state index is 17.5. The first-order chi connectivity index (χ1) is 19.2. The van der Waals surface area contributed by atoms with Crippen LogP contribution in [-0.4, -0.2) is 65.7 Å². The average molecular weight is 579 g/mol.